The largest absolute Gasteiger partial charge is 0.307 e. The summed E-state index contributed by atoms with van der Waals surface area (Å²) < 4.78 is 27.2. The molecule has 4 nitrogen and oxygen atoms in total. The number of hydrogen-bond donors (Lipinski definition) is 0. The molecule has 0 bridgehead atoms. The average molecular weight is 354 g/mol. The van der Waals surface area contributed by atoms with Gasteiger partial charge in [-0.05, 0) is 35.9 Å². The van der Waals surface area contributed by atoms with E-state index in [1.807, 2.05) is 0 Å². The van der Waals surface area contributed by atoms with Gasteiger partial charge in [0, 0.05) is 12.1 Å². The van der Waals surface area contributed by atoms with E-state index in [4.69, 9.17) is 11.6 Å². The quantitative estimate of drug-likeness (QED) is 0.726. The van der Waals surface area contributed by atoms with E-state index in [1.54, 1.807) is 43.4 Å². The van der Waals surface area contributed by atoms with E-state index in [0.29, 0.717) is 15.3 Å². The third-order valence-electron chi connectivity index (χ3n) is 3.37. The van der Waals surface area contributed by atoms with Crippen molar-refractivity contribution in [2.45, 2.75) is 10.6 Å². The van der Waals surface area contributed by atoms with Crippen LogP contribution in [0, 0.1) is 0 Å². The lowest BCUT2D eigenvalue weighted by Gasteiger charge is -2.05. The molecule has 3 rings (SSSR count). The molecule has 0 fully saturated rings. The molecule has 2 aromatic carbocycles. The lowest BCUT2D eigenvalue weighted by Crippen LogP contribution is -2.07. The van der Waals surface area contributed by atoms with E-state index in [2.05, 4.69) is 0 Å². The molecule has 1 heterocycles. The van der Waals surface area contributed by atoms with Gasteiger partial charge in [0.1, 0.15) is 0 Å². The Morgan fingerprint density at radius 2 is 1.95 bits per heavy atom. The molecule has 0 amide bonds. The minimum Gasteiger partial charge on any atom is -0.302 e. The van der Waals surface area contributed by atoms with Crippen LogP contribution >= 0.6 is 22.9 Å². The number of hydrogen-bond acceptors (Lipinski definition) is 4. The van der Waals surface area contributed by atoms with E-state index in [9.17, 15) is 13.2 Å². The molecule has 0 saturated carbocycles. The van der Waals surface area contributed by atoms with Gasteiger partial charge in [-0.15, -0.1) is 0 Å². The number of aromatic nitrogens is 1. The molecule has 22 heavy (non-hydrogen) atoms. The van der Waals surface area contributed by atoms with Gasteiger partial charge in [-0.3, -0.25) is 4.79 Å². The summed E-state index contributed by atoms with van der Waals surface area (Å²) in [6.45, 7) is 0. The van der Waals surface area contributed by atoms with Crippen molar-refractivity contribution in [1.82, 2.24) is 4.57 Å². The zero-order valence-corrected chi connectivity index (χ0v) is 14.0. The van der Waals surface area contributed by atoms with E-state index in [1.165, 1.54) is 10.6 Å². The highest BCUT2D eigenvalue weighted by Gasteiger charge is 2.17. The van der Waals surface area contributed by atoms with E-state index >= 15 is 0 Å². The van der Waals surface area contributed by atoms with Crippen molar-refractivity contribution in [3.8, 4) is 0 Å². The molecule has 0 radical (unpaired) electrons. The first-order chi connectivity index (χ1) is 10.4. The second-order valence-electron chi connectivity index (χ2n) is 4.95. The highest BCUT2D eigenvalue weighted by molar-refractivity contribution is 7.90. The van der Waals surface area contributed by atoms with Crippen LogP contribution in [0.3, 0.4) is 0 Å². The van der Waals surface area contributed by atoms with Crippen LogP contribution in [0.15, 0.2) is 52.2 Å². The highest BCUT2D eigenvalue weighted by Crippen LogP contribution is 2.24. The minimum absolute atomic E-state index is 0.112. The van der Waals surface area contributed by atoms with Gasteiger partial charge in [-0.1, -0.05) is 35.1 Å². The number of fused-ring (bicyclic) bond motifs is 1. The van der Waals surface area contributed by atoms with Crippen LogP contribution in [0.1, 0.15) is 5.56 Å². The van der Waals surface area contributed by atoms with Gasteiger partial charge in [0.15, 0.2) is 9.84 Å². The number of nitrogens with zero attached hydrogens (tertiary/aromatic N) is 1. The van der Waals surface area contributed by atoms with Crippen LogP contribution in [0.5, 0.6) is 0 Å². The van der Waals surface area contributed by atoms with Crippen LogP contribution in [-0.4, -0.2) is 13.0 Å². The molecule has 3 aromatic rings. The fourth-order valence-corrected chi connectivity index (χ4v) is 4.80. The number of thiazole rings is 1. The summed E-state index contributed by atoms with van der Waals surface area (Å²) in [6.07, 6.45) is 0. The molecule has 0 unspecified atom stereocenters. The van der Waals surface area contributed by atoms with Gasteiger partial charge in [0.05, 0.1) is 20.9 Å². The van der Waals surface area contributed by atoms with Crippen LogP contribution in [-0.2, 0) is 22.6 Å². The second-order valence-corrected chi connectivity index (χ2v) is 8.36. The molecule has 0 aliphatic heterocycles. The Morgan fingerprint density at radius 3 is 2.68 bits per heavy atom. The summed E-state index contributed by atoms with van der Waals surface area (Å²) in [4.78, 5) is 11.7. The number of sulfone groups is 1. The predicted octanol–water partition coefficient (Wildman–Crippen LogP) is 3.23. The third kappa shape index (κ3) is 2.82. The maximum atomic E-state index is 12.5. The van der Waals surface area contributed by atoms with Crippen molar-refractivity contribution < 1.29 is 8.42 Å². The summed E-state index contributed by atoms with van der Waals surface area (Å²) in [5, 5.41) is 0.504. The molecule has 114 valence electrons. The number of aryl methyl sites for hydroxylation is 1. The average Bonchev–Trinajstić information content (AvgIpc) is 2.73. The second kappa shape index (κ2) is 5.53. The molecule has 0 N–H and O–H groups in total. The lowest BCUT2D eigenvalue weighted by atomic mass is 10.2. The number of benzene rings is 2. The first kappa shape index (κ1) is 15.3. The van der Waals surface area contributed by atoms with E-state index in [0.717, 1.165) is 16.9 Å². The fourth-order valence-electron chi connectivity index (χ4n) is 2.24. The number of rotatable bonds is 3. The first-order valence-corrected chi connectivity index (χ1v) is 9.28. The Labute approximate surface area is 136 Å². The standard InChI is InChI=1S/C15H12ClNO3S2/c1-17-13-6-5-12(8-14(13)21-15(17)18)22(19,20)9-10-3-2-4-11(16)7-10/h2-8H,9H2,1H3. The van der Waals surface area contributed by atoms with E-state index < -0.39 is 9.84 Å². The summed E-state index contributed by atoms with van der Waals surface area (Å²) in [5.41, 5.74) is 1.37. The molecule has 0 aliphatic carbocycles. The van der Waals surface area contributed by atoms with Crippen molar-refractivity contribution in [2.75, 3.05) is 0 Å². The van der Waals surface area contributed by atoms with Gasteiger partial charge in [-0.25, -0.2) is 8.42 Å². The molecule has 0 saturated heterocycles. The van der Waals surface area contributed by atoms with Crippen molar-refractivity contribution in [3.63, 3.8) is 0 Å². The molecule has 0 atom stereocenters. The molecular weight excluding hydrogens is 342 g/mol. The fraction of sp³-hybridized carbons (Fsp3) is 0.133. The summed E-state index contributed by atoms with van der Waals surface area (Å²) in [6, 6.07) is 11.5. The molecule has 7 heteroatoms. The van der Waals surface area contributed by atoms with Crippen molar-refractivity contribution in [3.05, 3.63) is 62.7 Å². The Hall–Kier alpha value is -1.63. The van der Waals surface area contributed by atoms with Crippen LogP contribution in [0.4, 0.5) is 0 Å². The van der Waals surface area contributed by atoms with Gasteiger partial charge in [-0.2, -0.15) is 0 Å². The normalized spacial score (nSPS) is 11.9. The van der Waals surface area contributed by atoms with Crippen LogP contribution in [0.2, 0.25) is 5.02 Å². The summed E-state index contributed by atoms with van der Waals surface area (Å²) >= 11 is 6.93. The third-order valence-corrected chi connectivity index (χ3v) is 6.28. The summed E-state index contributed by atoms with van der Waals surface area (Å²) in [5.74, 6) is -0.124. The summed E-state index contributed by atoms with van der Waals surface area (Å²) in [7, 11) is -1.82. The van der Waals surface area contributed by atoms with Gasteiger partial charge < -0.3 is 4.57 Å². The van der Waals surface area contributed by atoms with Crippen molar-refractivity contribution in [2.24, 2.45) is 7.05 Å². The molecule has 0 aliphatic rings. The van der Waals surface area contributed by atoms with Crippen molar-refractivity contribution in [1.29, 1.82) is 0 Å². The van der Waals surface area contributed by atoms with Crippen LogP contribution < -0.4 is 4.87 Å². The van der Waals surface area contributed by atoms with Crippen molar-refractivity contribution >= 4 is 43.0 Å². The molecule has 1 aromatic heterocycles. The van der Waals surface area contributed by atoms with Gasteiger partial charge in [0.2, 0.25) is 0 Å². The molecule has 0 spiro atoms. The topological polar surface area (TPSA) is 56.1 Å². The minimum atomic E-state index is -3.49. The first-order valence-electron chi connectivity index (χ1n) is 6.43. The zero-order valence-electron chi connectivity index (χ0n) is 11.6. The van der Waals surface area contributed by atoms with Crippen LogP contribution in [0.25, 0.3) is 10.2 Å². The molecular formula is C15H12ClNO3S2. The Bertz CT molecular complexity index is 1020. The van der Waals surface area contributed by atoms with Gasteiger partial charge in [0.25, 0.3) is 0 Å². The maximum Gasteiger partial charge on any atom is 0.307 e. The zero-order chi connectivity index (χ0) is 15.9. The number of halogens is 1. The SMILES string of the molecule is Cn1c(=O)sc2cc(S(=O)(=O)Cc3cccc(Cl)c3)ccc21. The Kier molecular flexibility index (Phi) is 3.84. The Morgan fingerprint density at radius 1 is 1.18 bits per heavy atom. The van der Waals surface area contributed by atoms with Gasteiger partial charge >= 0.3 is 4.87 Å². The van der Waals surface area contributed by atoms with E-state index in [-0.39, 0.29) is 15.5 Å². The highest BCUT2D eigenvalue weighted by atomic mass is 35.5. The predicted molar refractivity (Wildman–Crippen MR) is 89.4 cm³/mol. The lowest BCUT2D eigenvalue weighted by molar-refractivity contribution is 0.595. The Balaban J connectivity index is 2.03. The maximum absolute atomic E-state index is 12.5. The smallest absolute Gasteiger partial charge is 0.302 e. The monoisotopic (exact) mass is 353 g/mol.